The number of alkyl halides is 3. The molecule has 0 unspecified atom stereocenters. The van der Waals surface area contributed by atoms with Crippen LogP contribution in [0.2, 0.25) is 5.02 Å². The number of nitro benzene ring substituents is 1. The summed E-state index contributed by atoms with van der Waals surface area (Å²) in [4.78, 5) is 26.5. The molecule has 0 radical (unpaired) electrons. The molecule has 0 bridgehead atoms. The number of ether oxygens (including phenoxy) is 2. The van der Waals surface area contributed by atoms with Gasteiger partial charge >= 0.3 is 12.1 Å². The maximum atomic E-state index is 12.7. The minimum Gasteiger partial charge on any atom is -0.456 e. The third-order valence-corrected chi connectivity index (χ3v) is 3.98. The Morgan fingerprint density at radius 3 is 2.60 bits per heavy atom. The number of rotatable bonds is 6. The zero-order valence-corrected chi connectivity index (χ0v) is 15.4. The van der Waals surface area contributed by atoms with Gasteiger partial charge in [-0.05, 0) is 24.3 Å². The van der Waals surface area contributed by atoms with E-state index in [1.165, 1.54) is 12.5 Å². The summed E-state index contributed by atoms with van der Waals surface area (Å²) in [6.07, 6.45) is -2.00. The molecule has 2 aromatic carbocycles. The molecule has 156 valence electrons. The molecule has 12 heteroatoms. The Balaban J connectivity index is 1.85. The van der Waals surface area contributed by atoms with Crippen LogP contribution in [-0.2, 0) is 17.5 Å². The highest BCUT2D eigenvalue weighted by Gasteiger charge is 2.31. The van der Waals surface area contributed by atoms with Gasteiger partial charge in [-0.15, -0.1) is 0 Å². The Bertz CT molecular complexity index is 1090. The van der Waals surface area contributed by atoms with Gasteiger partial charge < -0.3 is 13.9 Å². The van der Waals surface area contributed by atoms with E-state index in [0.29, 0.717) is 6.07 Å². The van der Waals surface area contributed by atoms with Crippen molar-refractivity contribution < 1.29 is 36.8 Å². The molecule has 0 N–H and O–H groups in total. The van der Waals surface area contributed by atoms with E-state index in [0.717, 1.165) is 30.3 Å². The van der Waals surface area contributed by atoms with Crippen molar-refractivity contribution in [1.82, 2.24) is 4.98 Å². The van der Waals surface area contributed by atoms with Crippen molar-refractivity contribution >= 4 is 23.3 Å². The van der Waals surface area contributed by atoms with Crippen molar-refractivity contribution in [2.24, 2.45) is 0 Å². The standard InChI is InChI=1S/C18H10ClF3N2O6/c19-13-7-10(18(20,21)22)1-4-15(13)30-11-2-3-14(24(26)27)12(8-11)17(25)29-9-16-23-5-6-28-16/h1-8H,9H2. The van der Waals surface area contributed by atoms with Crippen molar-refractivity contribution in [3.05, 3.63) is 81.0 Å². The van der Waals surface area contributed by atoms with Crippen molar-refractivity contribution in [3.63, 3.8) is 0 Å². The third kappa shape index (κ3) is 4.87. The molecule has 0 aliphatic carbocycles. The van der Waals surface area contributed by atoms with E-state index in [4.69, 9.17) is 25.5 Å². The zero-order valence-electron chi connectivity index (χ0n) is 14.7. The molecule has 0 saturated heterocycles. The van der Waals surface area contributed by atoms with Crippen molar-refractivity contribution in [1.29, 1.82) is 0 Å². The number of halogens is 4. The first-order valence-corrected chi connectivity index (χ1v) is 8.41. The van der Waals surface area contributed by atoms with E-state index in [9.17, 15) is 28.1 Å². The molecule has 0 saturated carbocycles. The van der Waals surface area contributed by atoms with Gasteiger partial charge in [0.05, 0.1) is 21.7 Å². The van der Waals surface area contributed by atoms with Gasteiger partial charge in [-0.2, -0.15) is 13.2 Å². The van der Waals surface area contributed by atoms with Crippen LogP contribution in [0.1, 0.15) is 21.8 Å². The summed E-state index contributed by atoms with van der Waals surface area (Å²) in [7, 11) is 0. The number of oxazole rings is 1. The summed E-state index contributed by atoms with van der Waals surface area (Å²) < 4.78 is 53.4. The summed E-state index contributed by atoms with van der Waals surface area (Å²) in [5.74, 6) is -1.19. The van der Waals surface area contributed by atoms with Crippen LogP contribution < -0.4 is 4.74 Å². The molecular formula is C18H10ClF3N2O6. The van der Waals surface area contributed by atoms with Gasteiger partial charge in [0.1, 0.15) is 23.3 Å². The number of carbonyl (C=O) groups excluding carboxylic acids is 1. The molecule has 0 fully saturated rings. The van der Waals surface area contributed by atoms with E-state index in [1.54, 1.807) is 0 Å². The van der Waals surface area contributed by atoms with Crippen molar-refractivity contribution in [2.75, 3.05) is 0 Å². The molecule has 3 aromatic rings. The zero-order chi connectivity index (χ0) is 21.9. The Labute approximate surface area is 170 Å². The highest BCUT2D eigenvalue weighted by Crippen LogP contribution is 2.37. The van der Waals surface area contributed by atoms with Crippen LogP contribution in [0, 0.1) is 10.1 Å². The van der Waals surface area contributed by atoms with Gasteiger partial charge in [0, 0.05) is 12.1 Å². The minimum atomic E-state index is -4.59. The lowest BCUT2D eigenvalue weighted by Crippen LogP contribution is -2.09. The topological polar surface area (TPSA) is 105 Å². The maximum absolute atomic E-state index is 12.7. The predicted octanol–water partition coefficient (Wildman–Crippen LogP) is 5.40. The second-order valence-corrected chi connectivity index (χ2v) is 6.09. The van der Waals surface area contributed by atoms with Crippen LogP contribution >= 0.6 is 11.6 Å². The smallest absolute Gasteiger partial charge is 0.416 e. The average Bonchev–Trinajstić information content (AvgIpc) is 3.20. The van der Waals surface area contributed by atoms with Crippen LogP contribution in [0.15, 0.2) is 53.3 Å². The van der Waals surface area contributed by atoms with Gasteiger partial charge in [-0.3, -0.25) is 10.1 Å². The third-order valence-electron chi connectivity index (χ3n) is 3.68. The van der Waals surface area contributed by atoms with Crippen LogP contribution in [0.25, 0.3) is 0 Å². The molecule has 1 heterocycles. The van der Waals surface area contributed by atoms with Gasteiger partial charge in [-0.1, -0.05) is 11.6 Å². The second kappa shape index (κ2) is 8.41. The summed E-state index contributed by atoms with van der Waals surface area (Å²) in [6, 6.07) is 5.61. The quantitative estimate of drug-likeness (QED) is 0.286. The second-order valence-electron chi connectivity index (χ2n) is 5.68. The number of esters is 1. The minimum absolute atomic E-state index is 0.0784. The lowest BCUT2D eigenvalue weighted by Gasteiger charge is -2.12. The Kier molecular flexibility index (Phi) is 5.92. The number of hydrogen-bond acceptors (Lipinski definition) is 7. The Hall–Kier alpha value is -3.60. The van der Waals surface area contributed by atoms with E-state index in [2.05, 4.69) is 4.98 Å². The molecule has 0 amide bonds. The summed E-state index contributed by atoms with van der Waals surface area (Å²) in [6.45, 7) is -0.362. The Morgan fingerprint density at radius 2 is 2.00 bits per heavy atom. The largest absolute Gasteiger partial charge is 0.456 e. The van der Waals surface area contributed by atoms with Gasteiger partial charge in [0.25, 0.3) is 5.69 Å². The fourth-order valence-electron chi connectivity index (χ4n) is 2.32. The van der Waals surface area contributed by atoms with E-state index in [-0.39, 0.29) is 29.0 Å². The van der Waals surface area contributed by atoms with E-state index >= 15 is 0 Å². The van der Waals surface area contributed by atoms with Crippen molar-refractivity contribution in [2.45, 2.75) is 12.8 Å². The lowest BCUT2D eigenvalue weighted by atomic mass is 10.1. The maximum Gasteiger partial charge on any atom is 0.416 e. The average molecular weight is 443 g/mol. The number of benzene rings is 2. The summed E-state index contributed by atoms with van der Waals surface area (Å²) in [5, 5.41) is 10.9. The molecule has 8 nitrogen and oxygen atoms in total. The number of aromatic nitrogens is 1. The highest BCUT2D eigenvalue weighted by atomic mass is 35.5. The van der Waals surface area contributed by atoms with Crippen molar-refractivity contribution in [3.8, 4) is 11.5 Å². The Morgan fingerprint density at radius 1 is 1.23 bits per heavy atom. The number of nitrogens with zero attached hydrogens (tertiary/aromatic N) is 2. The van der Waals surface area contributed by atoms with Gasteiger partial charge in [0.2, 0.25) is 5.89 Å². The molecule has 0 aliphatic heterocycles. The molecule has 0 atom stereocenters. The molecule has 30 heavy (non-hydrogen) atoms. The van der Waals surface area contributed by atoms with Crippen LogP contribution in [0.4, 0.5) is 18.9 Å². The fraction of sp³-hybridized carbons (Fsp3) is 0.111. The first-order chi connectivity index (χ1) is 14.1. The summed E-state index contributed by atoms with van der Waals surface area (Å²) >= 11 is 5.83. The van der Waals surface area contributed by atoms with Crippen LogP contribution in [-0.4, -0.2) is 15.9 Å². The van der Waals surface area contributed by atoms with Crippen LogP contribution in [0.3, 0.4) is 0 Å². The monoisotopic (exact) mass is 442 g/mol. The first-order valence-electron chi connectivity index (χ1n) is 8.03. The highest BCUT2D eigenvalue weighted by molar-refractivity contribution is 6.32. The molecule has 3 rings (SSSR count). The predicted molar refractivity (Wildman–Crippen MR) is 95.2 cm³/mol. The molecule has 1 aromatic heterocycles. The van der Waals surface area contributed by atoms with E-state index in [1.807, 2.05) is 0 Å². The SMILES string of the molecule is O=C(OCc1ncco1)c1cc(Oc2ccc(C(F)(F)F)cc2Cl)ccc1[N+](=O)[O-]. The van der Waals surface area contributed by atoms with Gasteiger partial charge in [0.15, 0.2) is 6.61 Å². The normalized spacial score (nSPS) is 11.2. The molecular weight excluding hydrogens is 433 g/mol. The van der Waals surface area contributed by atoms with E-state index < -0.39 is 33.9 Å². The lowest BCUT2D eigenvalue weighted by molar-refractivity contribution is -0.385. The number of carbonyl (C=O) groups is 1. The molecule has 0 spiro atoms. The van der Waals surface area contributed by atoms with Crippen LogP contribution in [0.5, 0.6) is 11.5 Å². The fourth-order valence-corrected chi connectivity index (χ4v) is 2.54. The first kappa shape index (κ1) is 21.1. The number of hydrogen-bond donors (Lipinski definition) is 0. The summed E-state index contributed by atoms with van der Waals surface area (Å²) in [5.41, 5.74) is -1.97. The van der Waals surface area contributed by atoms with Gasteiger partial charge in [-0.25, -0.2) is 9.78 Å². The molecule has 0 aliphatic rings. The number of nitro groups is 1.